The Bertz CT molecular complexity index is 1030. The van der Waals surface area contributed by atoms with Gasteiger partial charge in [0.1, 0.15) is 0 Å². The summed E-state index contributed by atoms with van der Waals surface area (Å²) in [5.41, 5.74) is 0.725. The van der Waals surface area contributed by atoms with Crippen LogP contribution in [0, 0.1) is 0 Å². The van der Waals surface area contributed by atoms with Crippen LogP contribution < -0.4 is 20.3 Å². The van der Waals surface area contributed by atoms with Crippen molar-refractivity contribution in [3.63, 3.8) is 0 Å². The summed E-state index contributed by atoms with van der Waals surface area (Å²) in [6.45, 7) is 1.94. The first-order chi connectivity index (χ1) is 16.8. The summed E-state index contributed by atoms with van der Waals surface area (Å²) >= 11 is 12.3. The van der Waals surface area contributed by atoms with Crippen molar-refractivity contribution in [1.82, 2.24) is 20.2 Å². The Morgan fingerprint density at radius 2 is 2.06 bits per heavy atom. The maximum Gasteiger partial charge on any atom is 0.387 e. The van der Waals surface area contributed by atoms with Crippen LogP contribution in [0.25, 0.3) is 0 Å². The topological polar surface area (TPSA) is 82.6 Å². The van der Waals surface area contributed by atoms with Crippen molar-refractivity contribution < 1.29 is 18.3 Å². The zero-order chi connectivity index (χ0) is 24.9. The lowest BCUT2D eigenvalue weighted by Gasteiger charge is -2.35. The molecule has 0 unspecified atom stereocenters. The van der Waals surface area contributed by atoms with Gasteiger partial charge in [-0.05, 0) is 44.0 Å². The summed E-state index contributed by atoms with van der Waals surface area (Å²) in [5.74, 6) is 0.466. The molecule has 0 radical (unpaired) electrons. The van der Waals surface area contributed by atoms with Crippen LogP contribution in [0.1, 0.15) is 37.8 Å². The minimum absolute atomic E-state index is 0.125. The number of rotatable bonds is 8. The van der Waals surface area contributed by atoms with Crippen LogP contribution in [-0.4, -0.2) is 66.2 Å². The zero-order valence-electron chi connectivity index (χ0n) is 19.3. The lowest BCUT2D eigenvalue weighted by atomic mass is 10.1. The number of hydrogen-bond acceptors (Lipinski definition) is 7. The number of hydrogen-bond donors (Lipinski definition) is 2. The SMILES string of the molecule is C[C@@H](Nc1nc(N2CCN(C(=O)C[C@H]3CCCN3)CC2)ncc1OC(F)F)c1ccc(Cl)cc1Cl. The van der Waals surface area contributed by atoms with Crippen LogP contribution in [0.3, 0.4) is 0 Å². The number of piperazine rings is 1. The van der Waals surface area contributed by atoms with Gasteiger partial charge in [0.25, 0.3) is 0 Å². The van der Waals surface area contributed by atoms with Gasteiger partial charge in [0.05, 0.1) is 12.2 Å². The van der Waals surface area contributed by atoms with Gasteiger partial charge >= 0.3 is 6.61 Å². The molecule has 0 spiro atoms. The van der Waals surface area contributed by atoms with Crippen molar-refractivity contribution in [2.75, 3.05) is 42.9 Å². The van der Waals surface area contributed by atoms with Gasteiger partial charge in [-0.3, -0.25) is 4.79 Å². The van der Waals surface area contributed by atoms with E-state index < -0.39 is 6.61 Å². The Labute approximate surface area is 212 Å². The van der Waals surface area contributed by atoms with Crippen molar-refractivity contribution in [3.05, 3.63) is 40.0 Å². The smallest absolute Gasteiger partial charge is 0.387 e. The number of nitrogens with one attached hydrogen (secondary N) is 2. The average molecular weight is 529 g/mol. The van der Waals surface area contributed by atoms with Crippen LogP contribution in [-0.2, 0) is 4.79 Å². The highest BCUT2D eigenvalue weighted by molar-refractivity contribution is 6.35. The summed E-state index contributed by atoms with van der Waals surface area (Å²) in [4.78, 5) is 25.1. The summed E-state index contributed by atoms with van der Waals surface area (Å²) in [6, 6.07) is 4.96. The first-order valence-electron chi connectivity index (χ1n) is 11.6. The second kappa shape index (κ2) is 11.5. The Hall–Kier alpha value is -2.43. The molecule has 2 aromatic rings. The van der Waals surface area contributed by atoms with E-state index in [1.54, 1.807) is 18.2 Å². The molecule has 0 aliphatic carbocycles. The van der Waals surface area contributed by atoms with Gasteiger partial charge in [0.2, 0.25) is 11.9 Å². The average Bonchev–Trinajstić information content (AvgIpc) is 3.33. The first-order valence-corrected chi connectivity index (χ1v) is 12.3. The van der Waals surface area contributed by atoms with Crippen molar-refractivity contribution in [1.29, 1.82) is 0 Å². The van der Waals surface area contributed by atoms with E-state index in [4.69, 9.17) is 23.2 Å². The normalized spacial score (nSPS) is 19.2. The molecule has 0 bridgehead atoms. The van der Waals surface area contributed by atoms with Crippen molar-refractivity contribution >= 4 is 40.9 Å². The van der Waals surface area contributed by atoms with Crippen LogP contribution in [0.2, 0.25) is 10.0 Å². The van der Waals surface area contributed by atoms with Gasteiger partial charge in [0, 0.05) is 48.7 Å². The Morgan fingerprint density at radius 3 is 2.71 bits per heavy atom. The fourth-order valence-electron chi connectivity index (χ4n) is 4.36. The molecule has 2 N–H and O–H groups in total. The molecule has 1 aromatic carbocycles. The van der Waals surface area contributed by atoms with E-state index >= 15 is 0 Å². The lowest BCUT2D eigenvalue weighted by molar-refractivity contribution is -0.131. The molecule has 2 atom stereocenters. The minimum atomic E-state index is -3.02. The molecule has 35 heavy (non-hydrogen) atoms. The molecule has 8 nitrogen and oxygen atoms in total. The molecule has 3 heterocycles. The maximum absolute atomic E-state index is 13.0. The predicted molar refractivity (Wildman–Crippen MR) is 132 cm³/mol. The number of amides is 1. The largest absolute Gasteiger partial charge is 0.429 e. The number of ether oxygens (including phenoxy) is 1. The quantitative estimate of drug-likeness (QED) is 0.526. The zero-order valence-corrected chi connectivity index (χ0v) is 20.8. The highest BCUT2D eigenvalue weighted by Gasteiger charge is 2.27. The third-order valence-electron chi connectivity index (χ3n) is 6.24. The Morgan fingerprint density at radius 1 is 1.29 bits per heavy atom. The molecule has 2 aliphatic heterocycles. The number of benzene rings is 1. The van der Waals surface area contributed by atoms with Crippen LogP contribution in [0.5, 0.6) is 5.75 Å². The van der Waals surface area contributed by atoms with Gasteiger partial charge in [-0.1, -0.05) is 29.3 Å². The van der Waals surface area contributed by atoms with Gasteiger partial charge in [-0.2, -0.15) is 13.8 Å². The van der Waals surface area contributed by atoms with E-state index in [0.29, 0.717) is 48.6 Å². The maximum atomic E-state index is 13.0. The lowest BCUT2D eigenvalue weighted by Crippen LogP contribution is -2.50. The monoisotopic (exact) mass is 528 g/mol. The Kier molecular flexibility index (Phi) is 8.46. The number of anilines is 2. The molecular weight excluding hydrogens is 501 g/mol. The van der Waals surface area contributed by atoms with E-state index in [-0.39, 0.29) is 29.6 Å². The van der Waals surface area contributed by atoms with Crippen LogP contribution in [0.4, 0.5) is 20.5 Å². The highest BCUT2D eigenvalue weighted by Crippen LogP contribution is 2.32. The fourth-order valence-corrected chi connectivity index (χ4v) is 4.93. The standard InChI is InChI=1S/C23H28Cl2F2N6O2/c1-14(17-5-4-15(24)11-18(17)25)30-21-19(35-22(26)27)13-29-23(31-21)33-9-7-32(8-10-33)20(34)12-16-3-2-6-28-16/h4-5,11,13-14,16,22,28H,2-3,6-10,12H2,1H3,(H,29,30,31)/t14-,16-/m1/s1. The van der Waals surface area contributed by atoms with Crippen LogP contribution >= 0.6 is 23.2 Å². The molecule has 2 saturated heterocycles. The molecule has 0 saturated carbocycles. The second-order valence-corrected chi connectivity index (χ2v) is 9.50. The number of halogens is 4. The molecule has 12 heteroatoms. The molecule has 4 rings (SSSR count). The van der Waals surface area contributed by atoms with E-state index in [1.165, 1.54) is 6.20 Å². The number of aromatic nitrogens is 2. The van der Waals surface area contributed by atoms with Gasteiger partial charge in [0.15, 0.2) is 11.6 Å². The summed E-state index contributed by atoms with van der Waals surface area (Å²) in [7, 11) is 0. The van der Waals surface area contributed by atoms with Gasteiger partial charge in [-0.15, -0.1) is 0 Å². The van der Waals surface area contributed by atoms with Crippen molar-refractivity contribution in [3.8, 4) is 5.75 Å². The summed E-state index contributed by atoms with van der Waals surface area (Å²) < 4.78 is 30.6. The molecule has 190 valence electrons. The predicted octanol–water partition coefficient (Wildman–Crippen LogP) is 4.35. The van der Waals surface area contributed by atoms with E-state index in [9.17, 15) is 13.6 Å². The van der Waals surface area contributed by atoms with E-state index in [2.05, 4.69) is 25.3 Å². The molecule has 2 fully saturated rings. The number of carbonyl (C=O) groups excluding carboxylic acids is 1. The molecule has 1 amide bonds. The summed E-state index contributed by atoms with van der Waals surface area (Å²) in [6.07, 6.45) is 3.88. The summed E-state index contributed by atoms with van der Waals surface area (Å²) in [5, 5.41) is 7.39. The third kappa shape index (κ3) is 6.62. The van der Waals surface area contributed by atoms with Gasteiger partial charge < -0.3 is 25.2 Å². The molecule has 2 aliphatic rings. The highest BCUT2D eigenvalue weighted by atomic mass is 35.5. The Balaban J connectivity index is 1.45. The number of nitrogens with zero attached hydrogens (tertiary/aromatic N) is 4. The fraction of sp³-hybridized carbons (Fsp3) is 0.522. The van der Waals surface area contributed by atoms with E-state index in [1.807, 2.05) is 16.7 Å². The van der Waals surface area contributed by atoms with Crippen molar-refractivity contribution in [2.45, 2.75) is 44.9 Å². The molecular formula is C23H28Cl2F2N6O2. The van der Waals surface area contributed by atoms with E-state index in [0.717, 1.165) is 24.9 Å². The number of alkyl halides is 2. The third-order valence-corrected chi connectivity index (χ3v) is 6.80. The second-order valence-electron chi connectivity index (χ2n) is 8.66. The van der Waals surface area contributed by atoms with Crippen molar-refractivity contribution in [2.24, 2.45) is 0 Å². The molecule has 1 aromatic heterocycles. The number of carbonyl (C=O) groups is 1. The van der Waals surface area contributed by atoms with Gasteiger partial charge in [-0.25, -0.2) is 4.98 Å². The minimum Gasteiger partial charge on any atom is -0.429 e. The van der Waals surface area contributed by atoms with Crippen LogP contribution in [0.15, 0.2) is 24.4 Å². The first kappa shape index (κ1) is 25.7.